The molecule has 1 N–H and O–H groups in total. The second kappa shape index (κ2) is 5.64. The lowest BCUT2D eigenvalue weighted by Gasteiger charge is -2.20. The number of carboxylic acid groups (broad SMARTS) is 1. The van der Waals surface area contributed by atoms with E-state index >= 15 is 0 Å². The highest BCUT2D eigenvalue weighted by molar-refractivity contribution is 5.85. The largest absolute Gasteiger partial charge is 0.478 e. The topological polar surface area (TPSA) is 46.5 Å². The van der Waals surface area contributed by atoms with Crippen LogP contribution in [0.2, 0.25) is 0 Å². The van der Waals surface area contributed by atoms with Crippen molar-refractivity contribution >= 4 is 12.0 Å². The smallest absolute Gasteiger partial charge is 0.328 e. The van der Waals surface area contributed by atoms with E-state index in [9.17, 15) is 4.79 Å². The van der Waals surface area contributed by atoms with Crippen LogP contribution in [0.5, 0.6) is 0 Å². The average molecular weight is 234 g/mol. The molecular weight excluding hydrogens is 216 g/mol. The molecule has 0 saturated heterocycles. The second-order valence-corrected chi connectivity index (χ2v) is 4.77. The van der Waals surface area contributed by atoms with Gasteiger partial charge in [-0.2, -0.15) is 0 Å². The minimum absolute atomic E-state index is 0.205. The number of ether oxygens (including phenoxy) is 1. The molecule has 1 aromatic rings. The van der Waals surface area contributed by atoms with Crippen molar-refractivity contribution in [3.63, 3.8) is 0 Å². The van der Waals surface area contributed by atoms with Gasteiger partial charge in [0.05, 0.1) is 12.2 Å². The molecule has 0 amide bonds. The first-order chi connectivity index (χ1) is 7.88. The van der Waals surface area contributed by atoms with Crippen molar-refractivity contribution in [3.05, 3.63) is 41.5 Å². The van der Waals surface area contributed by atoms with Gasteiger partial charge in [-0.05, 0) is 38.0 Å². The molecule has 3 heteroatoms. The van der Waals surface area contributed by atoms with Gasteiger partial charge in [0.15, 0.2) is 0 Å². The van der Waals surface area contributed by atoms with Crippen LogP contribution in [0.1, 0.15) is 31.9 Å². The summed E-state index contributed by atoms with van der Waals surface area (Å²) in [4.78, 5) is 10.5. The van der Waals surface area contributed by atoms with Gasteiger partial charge in [0.2, 0.25) is 0 Å². The minimum Gasteiger partial charge on any atom is -0.478 e. The summed E-state index contributed by atoms with van der Waals surface area (Å²) in [5, 5.41) is 8.61. The Labute approximate surface area is 102 Å². The first-order valence-corrected chi connectivity index (χ1v) is 5.51. The fraction of sp³-hybridized carbons (Fsp3) is 0.357. The van der Waals surface area contributed by atoms with Crippen molar-refractivity contribution in [1.29, 1.82) is 0 Å². The number of rotatable bonds is 4. The lowest BCUT2D eigenvalue weighted by Crippen LogP contribution is -2.18. The van der Waals surface area contributed by atoms with Crippen molar-refractivity contribution in [2.45, 2.75) is 33.0 Å². The van der Waals surface area contributed by atoms with Gasteiger partial charge in [-0.3, -0.25) is 0 Å². The maximum Gasteiger partial charge on any atom is 0.328 e. The van der Waals surface area contributed by atoms with Crippen LogP contribution < -0.4 is 0 Å². The van der Waals surface area contributed by atoms with E-state index in [1.807, 2.05) is 45.0 Å². The van der Waals surface area contributed by atoms with Crippen LogP contribution >= 0.6 is 0 Å². The van der Waals surface area contributed by atoms with E-state index < -0.39 is 5.97 Å². The molecule has 0 atom stereocenters. The Hall–Kier alpha value is -1.61. The van der Waals surface area contributed by atoms with Crippen LogP contribution in [0.3, 0.4) is 0 Å². The van der Waals surface area contributed by atoms with Crippen molar-refractivity contribution in [3.8, 4) is 0 Å². The molecule has 0 heterocycles. The summed E-state index contributed by atoms with van der Waals surface area (Å²) in [5.41, 5.74) is 1.66. The Morgan fingerprint density at radius 2 is 2.00 bits per heavy atom. The Kier molecular flexibility index (Phi) is 4.46. The van der Waals surface area contributed by atoms with Gasteiger partial charge >= 0.3 is 5.97 Å². The average Bonchev–Trinajstić information content (AvgIpc) is 2.23. The molecule has 0 aliphatic carbocycles. The summed E-state index contributed by atoms with van der Waals surface area (Å²) in [7, 11) is 0. The molecule has 1 rings (SSSR count). The molecule has 3 nitrogen and oxygen atoms in total. The second-order valence-electron chi connectivity index (χ2n) is 4.77. The zero-order valence-corrected chi connectivity index (χ0v) is 10.4. The van der Waals surface area contributed by atoms with Crippen LogP contribution in [0, 0.1) is 0 Å². The first kappa shape index (κ1) is 13.5. The summed E-state index contributed by atoms with van der Waals surface area (Å²) in [6.45, 7) is 6.44. The van der Waals surface area contributed by atoms with Crippen LogP contribution in [-0.4, -0.2) is 16.7 Å². The van der Waals surface area contributed by atoms with Crippen molar-refractivity contribution in [2.24, 2.45) is 0 Å². The molecule has 0 fully saturated rings. The van der Waals surface area contributed by atoms with E-state index in [-0.39, 0.29) is 5.60 Å². The molecular formula is C14H18O3. The van der Waals surface area contributed by atoms with Gasteiger partial charge in [-0.25, -0.2) is 4.79 Å². The number of benzene rings is 1. The maximum atomic E-state index is 10.5. The molecule has 0 saturated carbocycles. The van der Waals surface area contributed by atoms with Gasteiger partial charge in [-0.15, -0.1) is 0 Å². The van der Waals surface area contributed by atoms with Crippen LogP contribution in [0.25, 0.3) is 6.08 Å². The lowest BCUT2D eigenvalue weighted by molar-refractivity contribution is -0.131. The van der Waals surface area contributed by atoms with E-state index in [4.69, 9.17) is 9.84 Å². The fourth-order valence-corrected chi connectivity index (χ4v) is 1.28. The van der Waals surface area contributed by atoms with E-state index in [2.05, 4.69) is 0 Å². The summed E-state index contributed by atoms with van der Waals surface area (Å²) in [6, 6.07) is 7.61. The fourth-order valence-electron chi connectivity index (χ4n) is 1.28. The van der Waals surface area contributed by atoms with Gasteiger partial charge in [0.1, 0.15) is 0 Å². The number of hydrogen-bond acceptors (Lipinski definition) is 2. The third-order valence-electron chi connectivity index (χ3n) is 2.12. The molecule has 0 spiro atoms. The molecule has 1 aromatic carbocycles. The molecule has 0 radical (unpaired) electrons. The zero-order chi connectivity index (χ0) is 12.9. The van der Waals surface area contributed by atoms with Gasteiger partial charge in [0, 0.05) is 6.08 Å². The predicted octanol–water partition coefficient (Wildman–Crippen LogP) is 3.10. The van der Waals surface area contributed by atoms with Crippen molar-refractivity contribution in [2.75, 3.05) is 0 Å². The van der Waals surface area contributed by atoms with Crippen LogP contribution in [-0.2, 0) is 16.1 Å². The molecule has 0 bridgehead atoms. The van der Waals surface area contributed by atoms with Crippen molar-refractivity contribution < 1.29 is 14.6 Å². The number of carbonyl (C=O) groups is 1. The van der Waals surface area contributed by atoms with E-state index in [0.29, 0.717) is 6.61 Å². The predicted molar refractivity (Wildman–Crippen MR) is 67.7 cm³/mol. The summed E-state index contributed by atoms with van der Waals surface area (Å²) in [5.74, 6) is -0.948. The highest BCUT2D eigenvalue weighted by Gasteiger charge is 2.10. The maximum absolute atomic E-state index is 10.5. The minimum atomic E-state index is -0.948. The Bertz CT molecular complexity index is 414. The first-order valence-electron chi connectivity index (χ1n) is 5.51. The molecule has 0 unspecified atom stereocenters. The Balaban J connectivity index is 2.81. The molecule has 0 aliphatic heterocycles. The quantitative estimate of drug-likeness (QED) is 0.814. The third-order valence-corrected chi connectivity index (χ3v) is 2.12. The highest BCUT2D eigenvalue weighted by atomic mass is 16.5. The SMILES string of the molecule is CC(C)(C)OCc1ccccc1/C=C/C(=O)O. The third kappa shape index (κ3) is 5.31. The summed E-state index contributed by atoms with van der Waals surface area (Å²) in [6.07, 6.45) is 2.72. The number of carboxylic acids is 1. The van der Waals surface area contributed by atoms with E-state index in [0.717, 1.165) is 17.2 Å². The molecule has 0 aliphatic rings. The Morgan fingerprint density at radius 1 is 1.35 bits per heavy atom. The number of aliphatic carboxylic acids is 1. The highest BCUT2D eigenvalue weighted by Crippen LogP contribution is 2.16. The van der Waals surface area contributed by atoms with E-state index in [1.165, 1.54) is 0 Å². The monoisotopic (exact) mass is 234 g/mol. The van der Waals surface area contributed by atoms with Gasteiger partial charge < -0.3 is 9.84 Å². The van der Waals surface area contributed by atoms with Gasteiger partial charge in [0.25, 0.3) is 0 Å². The summed E-state index contributed by atoms with van der Waals surface area (Å²) < 4.78 is 5.68. The zero-order valence-electron chi connectivity index (χ0n) is 10.4. The van der Waals surface area contributed by atoms with E-state index in [1.54, 1.807) is 6.08 Å². The molecule has 17 heavy (non-hydrogen) atoms. The Morgan fingerprint density at radius 3 is 2.59 bits per heavy atom. The summed E-state index contributed by atoms with van der Waals surface area (Å²) >= 11 is 0. The van der Waals surface area contributed by atoms with Crippen LogP contribution in [0.15, 0.2) is 30.3 Å². The van der Waals surface area contributed by atoms with Crippen LogP contribution in [0.4, 0.5) is 0 Å². The number of hydrogen-bond donors (Lipinski definition) is 1. The molecule has 0 aromatic heterocycles. The lowest BCUT2D eigenvalue weighted by atomic mass is 10.1. The normalized spacial score (nSPS) is 11.9. The van der Waals surface area contributed by atoms with Gasteiger partial charge in [-0.1, -0.05) is 24.3 Å². The van der Waals surface area contributed by atoms with Crippen molar-refractivity contribution in [1.82, 2.24) is 0 Å². The molecule has 92 valence electrons. The standard InChI is InChI=1S/C14H18O3/c1-14(2,3)17-10-12-7-5-4-6-11(12)8-9-13(15)16/h4-9H,10H2,1-3H3,(H,15,16)/b9-8+.